The van der Waals surface area contributed by atoms with Gasteiger partial charge in [0.1, 0.15) is 5.51 Å². The third-order valence-electron chi connectivity index (χ3n) is 1.37. The molecule has 0 bridgehead atoms. The number of hydrogen-bond acceptors (Lipinski definition) is 4. The van der Waals surface area contributed by atoms with Gasteiger partial charge in [-0.05, 0) is 6.92 Å². The monoisotopic (exact) mass is 167 g/mol. The number of nitrogens with zero attached hydrogens (tertiary/aromatic N) is 3. The summed E-state index contributed by atoms with van der Waals surface area (Å²) in [6, 6.07) is 1.46. The molecule has 0 atom stereocenters. The number of hydrogen-bond donors (Lipinski definition) is 0. The molecule has 4 nitrogen and oxygen atoms in total. The van der Waals surface area contributed by atoms with Gasteiger partial charge in [-0.1, -0.05) is 11.3 Å². The van der Waals surface area contributed by atoms with Crippen LogP contribution in [0.4, 0.5) is 0 Å². The molecule has 0 saturated heterocycles. The largest absolute Gasteiger partial charge is 0.274 e. The van der Waals surface area contributed by atoms with Gasteiger partial charge < -0.3 is 0 Å². The smallest absolute Gasteiger partial charge is 0.267 e. The molecule has 0 fully saturated rings. The van der Waals surface area contributed by atoms with E-state index in [2.05, 4.69) is 10.1 Å². The van der Waals surface area contributed by atoms with E-state index in [1.807, 2.05) is 6.92 Å². The Balaban J connectivity index is 3.02. The van der Waals surface area contributed by atoms with Gasteiger partial charge in [0.25, 0.3) is 5.56 Å². The summed E-state index contributed by atoms with van der Waals surface area (Å²) in [5.41, 5.74) is 2.28. The molecule has 0 spiro atoms. The van der Waals surface area contributed by atoms with Crippen molar-refractivity contribution in [2.75, 3.05) is 0 Å². The summed E-state index contributed by atoms with van der Waals surface area (Å²) in [5, 5.41) is 3.99. The Labute approximate surface area is 66.1 Å². The van der Waals surface area contributed by atoms with Crippen molar-refractivity contribution in [3.8, 4) is 0 Å². The minimum absolute atomic E-state index is 0.202. The Morgan fingerprint density at radius 3 is 3.27 bits per heavy atom. The lowest BCUT2D eigenvalue weighted by atomic mass is 10.5. The zero-order valence-electron chi connectivity index (χ0n) is 5.81. The Morgan fingerprint density at radius 2 is 2.45 bits per heavy atom. The van der Waals surface area contributed by atoms with E-state index in [0.29, 0.717) is 4.96 Å². The van der Waals surface area contributed by atoms with E-state index in [9.17, 15) is 4.79 Å². The summed E-state index contributed by atoms with van der Waals surface area (Å²) in [5.74, 6) is 0. The maximum atomic E-state index is 10.9. The highest BCUT2D eigenvalue weighted by Gasteiger charge is 1.99. The van der Waals surface area contributed by atoms with Crippen LogP contribution in [0.3, 0.4) is 0 Å². The lowest BCUT2D eigenvalue weighted by molar-refractivity contribution is 0.887. The van der Waals surface area contributed by atoms with Crippen LogP contribution in [-0.2, 0) is 0 Å². The van der Waals surface area contributed by atoms with E-state index in [1.54, 1.807) is 10.0 Å². The maximum Gasteiger partial charge on any atom is 0.274 e. The molecule has 2 aromatic rings. The number of fused-ring (bicyclic) bond motifs is 1. The number of rotatable bonds is 0. The summed E-state index contributed by atoms with van der Waals surface area (Å²) in [6.07, 6.45) is 0. The van der Waals surface area contributed by atoms with Crippen LogP contribution in [0.15, 0.2) is 16.4 Å². The third-order valence-corrected chi connectivity index (χ3v) is 2.05. The van der Waals surface area contributed by atoms with Gasteiger partial charge in [0, 0.05) is 11.8 Å². The molecule has 0 aliphatic carbocycles. The summed E-state index contributed by atoms with van der Waals surface area (Å²) >= 11 is 1.36. The molecular weight excluding hydrogens is 162 g/mol. The molecule has 0 radical (unpaired) electrons. The minimum atomic E-state index is -0.202. The van der Waals surface area contributed by atoms with Crippen molar-refractivity contribution >= 4 is 16.3 Å². The van der Waals surface area contributed by atoms with E-state index < -0.39 is 0 Å². The summed E-state index contributed by atoms with van der Waals surface area (Å²) in [6.45, 7) is 1.83. The standard InChI is InChI=1S/C6H5N3OS/c1-4-2-5(10)8-6-9(4)7-3-11-6/h2-3H,1H3. The van der Waals surface area contributed by atoms with Crippen LogP contribution in [0.5, 0.6) is 0 Å². The van der Waals surface area contributed by atoms with Crippen LogP contribution in [0.1, 0.15) is 5.69 Å². The van der Waals surface area contributed by atoms with Gasteiger partial charge in [-0.15, -0.1) is 0 Å². The molecule has 0 amide bonds. The summed E-state index contributed by atoms with van der Waals surface area (Å²) < 4.78 is 1.64. The number of aromatic nitrogens is 3. The fraction of sp³-hybridized carbons (Fsp3) is 0.167. The molecule has 0 aliphatic heterocycles. The zero-order valence-corrected chi connectivity index (χ0v) is 6.63. The van der Waals surface area contributed by atoms with Crippen LogP contribution in [0, 0.1) is 6.92 Å². The second-order valence-electron chi connectivity index (χ2n) is 2.17. The molecule has 5 heteroatoms. The highest BCUT2D eigenvalue weighted by atomic mass is 32.1. The quantitative estimate of drug-likeness (QED) is 0.572. The molecule has 0 unspecified atom stereocenters. The Kier molecular flexibility index (Phi) is 1.25. The summed E-state index contributed by atoms with van der Waals surface area (Å²) in [7, 11) is 0. The molecule has 0 aromatic carbocycles. The predicted molar refractivity (Wildman–Crippen MR) is 41.9 cm³/mol. The van der Waals surface area contributed by atoms with Crippen LogP contribution >= 0.6 is 11.3 Å². The van der Waals surface area contributed by atoms with Crippen LogP contribution in [-0.4, -0.2) is 14.6 Å². The van der Waals surface area contributed by atoms with E-state index >= 15 is 0 Å². The molecular formula is C6H5N3OS. The van der Waals surface area contributed by atoms with Crippen molar-refractivity contribution in [1.29, 1.82) is 0 Å². The molecule has 2 aromatic heterocycles. The fourth-order valence-electron chi connectivity index (χ4n) is 0.899. The second kappa shape index (κ2) is 2.13. The first-order chi connectivity index (χ1) is 5.27. The van der Waals surface area contributed by atoms with Gasteiger partial charge in [-0.2, -0.15) is 10.1 Å². The van der Waals surface area contributed by atoms with Crippen molar-refractivity contribution in [2.45, 2.75) is 6.92 Å². The van der Waals surface area contributed by atoms with Crippen LogP contribution in [0.25, 0.3) is 4.96 Å². The fourth-order valence-corrected chi connectivity index (χ4v) is 1.57. The normalized spacial score (nSPS) is 10.6. The topological polar surface area (TPSA) is 47.3 Å². The Hall–Kier alpha value is -1.23. The van der Waals surface area contributed by atoms with Crippen LogP contribution < -0.4 is 5.56 Å². The third kappa shape index (κ3) is 0.932. The van der Waals surface area contributed by atoms with Gasteiger partial charge in [-0.3, -0.25) is 4.79 Å². The Bertz CT molecular complexity index is 444. The molecule has 11 heavy (non-hydrogen) atoms. The van der Waals surface area contributed by atoms with E-state index in [0.717, 1.165) is 5.69 Å². The van der Waals surface area contributed by atoms with Gasteiger partial charge in [-0.25, -0.2) is 4.52 Å². The highest BCUT2D eigenvalue weighted by molar-refractivity contribution is 7.14. The first kappa shape index (κ1) is 6.48. The van der Waals surface area contributed by atoms with Gasteiger partial charge in [0.2, 0.25) is 4.96 Å². The average Bonchev–Trinajstić information content (AvgIpc) is 2.34. The zero-order chi connectivity index (χ0) is 7.84. The predicted octanol–water partition coefficient (Wildman–Crippen LogP) is 0.459. The molecule has 2 rings (SSSR count). The first-order valence-electron chi connectivity index (χ1n) is 3.07. The first-order valence-corrected chi connectivity index (χ1v) is 3.95. The molecule has 0 N–H and O–H groups in total. The van der Waals surface area contributed by atoms with Gasteiger partial charge >= 0.3 is 0 Å². The van der Waals surface area contributed by atoms with E-state index in [-0.39, 0.29) is 5.56 Å². The van der Waals surface area contributed by atoms with Crippen molar-refractivity contribution in [3.05, 3.63) is 27.6 Å². The van der Waals surface area contributed by atoms with Crippen molar-refractivity contribution < 1.29 is 0 Å². The van der Waals surface area contributed by atoms with E-state index in [4.69, 9.17) is 0 Å². The SMILES string of the molecule is Cc1cc(=O)nc2scnn12. The molecule has 0 saturated carbocycles. The maximum absolute atomic E-state index is 10.9. The Morgan fingerprint density at radius 1 is 1.64 bits per heavy atom. The second-order valence-corrected chi connectivity index (χ2v) is 2.98. The minimum Gasteiger partial charge on any atom is -0.267 e. The van der Waals surface area contributed by atoms with Crippen molar-refractivity contribution in [3.63, 3.8) is 0 Å². The lowest BCUT2D eigenvalue weighted by Gasteiger charge is -1.92. The number of aryl methyl sites for hydroxylation is 1. The van der Waals surface area contributed by atoms with Gasteiger partial charge in [0.15, 0.2) is 0 Å². The molecule has 0 aliphatic rings. The van der Waals surface area contributed by atoms with Crippen LogP contribution in [0.2, 0.25) is 0 Å². The lowest BCUT2D eigenvalue weighted by Crippen LogP contribution is -2.08. The highest BCUT2D eigenvalue weighted by Crippen LogP contribution is 2.04. The summed E-state index contributed by atoms with van der Waals surface area (Å²) in [4.78, 5) is 15.3. The molecule has 2 heterocycles. The van der Waals surface area contributed by atoms with E-state index in [1.165, 1.54) is 17.4 Å². The van der Waals surface area contributed by atoms with Crippen molar-refractivity contribution in [1.82, 2.24) is 14.6 Å². The molecule has 56 valence electrons. The van der Waals surface area contributed by atoms with Gasteiger partial charge in [0.05, 0.1) is 0 Å². The van der Waals surface area contributed by atoms with Crippen molar-refractivity contribution in [2.24, 2.45) is 0 Å². The average molecular weight is 167 g/mol.